The molecule has 2 rings (SSSR count). The highest BCUT2D eigenvalue weighted by Crippen LogP contribution is 2.34. The summed E-state index contributed by atoms with van der Waals surface area (Å²) >= 11 is 0. The van der Waals surface area contributed by atoms with Crippen LogP contribution in [0, 0.1) is 5.92 Å². The second-order valence-corrected chi connectivity index (χ2v) is 6.38. The van der Waals surface area contributed by atoms with E-state index in [2.05, 4.69) is 17.1 Å². The lowest BCUT2D eigenvalue weighted by Crippen LogP contribution is -2.58. The monoisotopic (exact) mass is 281 g/mol. The Bertz CT molecular complexity index is 370. The van der Waals surface area contributed by atoms with Crippen molar-refractivity contribution < 1.29 is 9.59 Å². The highest BCUT2D eigenvalue weighted by molar-refractivity contribution is 5.79. The van der Waals surface area contributed by atoms with Gasteiger partial charge in [-0.05, 0) is 31.7 Å². The third-order valence-electron chi connectivity index (χ3n) is 4.51. The lowest BCUT2D eigenvalue weighted by atomic mass is 9.76. The zero-order chi connectivity index (χ0) is 14.7. The Balaban J connectivity index is 2.02. The average molecular weight is 281 g/mol. The number of carbonyl (C=O) groups is 2. The fraction of sp³-hybridized carbons (Fsp3) is 0.867. The number of rotatable bonds is 3. The number of hydrogen-bond donors (Lipinski definition) is 1. The SMILES string of the molecule is CCCN1C[C@@H](NC(=O)N(C)C)C[C@@H]2CC(=O)CC[C@H]21. The molecule has 0 aromatic rings. The number of carbonyl (C=O) groups excluding carboxylic acids is 2. The number of hydrogen-bond acceptors (Lipinski definition) is 3. The van der Waals surface area contributed by atoms with E-state index in [1.165, 1.54) is 0 Å². The van der Waals surface area contributed by atoms with E-state index in [1.54, 1.807) is 19.0 Å². The maximum Gasteiger partial charge on any atom is 0.317 e. The molecule has 20 heavy (non-hydrogen) atoms. The molecule has 1 saturated heterocycles. The Morgan fingerprint density at radius 3 is 2.85 bits per heavy atom. The Morgan fingerprint density at radius 1 is 1.45 bits per heavy atom. The standard InChI is InChI=1S/C15H27N3O2/c1-4-7-18-10-12(16-15(20)17(2)3)8-11-9-13(19)5-6-14(11)18/h11-12,14H,4-10H2,1-3H3,(H,16,20)/t11-,12+,14-/m1/s1. The molecule has 3 atom stereocenters. The second kappa shape index (κ2) is 6.57. The van der Waals surface area contributed by atoms with E-state index < -0.39 is 0 Å². The molecular formula is C15H27N3O2. The Morgan fingerprint density at radius 2 is 2.20 bits per heavy atom. The summed E-state index contributed by atoms with van der Waals surface area (Å²) in [5.74, 6) is 0.811. The first-order valence-corrected chi connectivity index (χ1v) is 7.74. The van der Waals surface area contributed by atoms with Gasteiger partial charge in [0.05, 0.1) is 0 Å². The predicted octanol–water partition coefficient (Wildman–Crippen LogP) is 1.48. The maximum atomic E-state index is 11.8. The summed E-state index contributed by atoms with van der Waals surface area (Å²) in [7, 11) is 3.52. The summed E-state index contributed by atoms with van der Waals surface area (Å²) in [6.45, 7) is 4.16. The van der Waals surface area contributed by atoms with Crippen LogP contribution in [0.5, 0.6) is 0 Å². The van der Waals surface area contributed by atoms with Crippen molar-refractivity contribution in [2.24, 2.45) is 5.92 Å². The predicted molar refractivity (Wildman–Crippen MR) is 78.6 cm³/mol. The van der Waals surface area contributed by atoms with Crippen LogP contribution in [0.15, 0.2) is 0 Å². The largest absolute Gasteiger partial charge is 0.334 e. The maximum absolute atomic E-state index is 11.8. The van der Waals surface area contributed by atoms with E-state index in [0.29, 0.717) is 24.2 Å². The van der Waals surface area contributed by atoms with E-state index in [1.807, 2.05) is 0 Å². The first-order valence-electron chi connectivity index (χ1n) is 7.74. The third-order valence-corrected chi connectivity index (χ3v) is 4.51. The molecule has 0 aromatic heterocycles. The van der Waals surface area contributed by atoms with Crippen LogP contribution in [0.4, 0.5) is 4.79 Å². The summed E-state index contributed by atoms with van der Waals surface area (Å²) in [5.41, 5.74) is 0. The molecular weight excluding hydrogens is 254 g/mol. The summed E-state index contributed by atoms with van der Waals surface area (Å²) in [4.78, 5) is 27.6. The molecule has 2 amide bonds. The van der Waals surface area contributed by atoms with Crippen LogP contribution in [0.2, 0.25) is 0 Å². The summed E-state index contributed by atoms with van der Waals surface area (Å²) < 4.78 is 0. The molecule has 1 saturated carbocycles. The Kier molecular flexibility index (Phi) is 5.02. The van der Waals surface area contributed by atoms with Crippen molar-refractivity contribution >= 4 is 11.8 Å². The number of piperidine rings is 1. The normalized spacial score (nSPS) is 30.8. The van der Waals surface area contributed by atoms with Gasteiger partial charge in [-0.2, -0.15) is 0 Å². The fourth-order valence-corrected chi connectivity index (χ4v) is 3.61. The second-order valence-electron chi connectivity index (χ2n) is 6.38. The lowest BCUT2D eigenvalue weighted by molar-refractivity contribution is -0.124. The van der Waals surface area contributed by atoms with Crippen molar-refractivity contribution in [3.63, 3.8) is 0 Å². The van der Waals surface area contributed by atoms with Crippen LogP contribution in [0.25, 0.3) is 0 Å². The molecule has 2 aliphatic rings. The minimum atomic E-state index is -0.0352. The number of fused-ring (bicyclic) bond motifs is 1. The van der Waals surface area contributed by atoms with Gasteiger partial charge in [0.15, 0.2) is 0 Å². The van der Waals surface area contributed by atoms with Crippen molar-refractivity contribution in [1.29, 1.82) is 0 Å². The third kappa shape index (κ3) is 3.51. The molecule has 0 bridgehead atoms. The minimum absolute atomic E-state index is 0.0352. The number of urea groups is 1. The van der Waals surface area contributed by atoms with Crippen LogP contribution in [0.3, 0.4) is 0 Å². The van der Waals surface area contributed by atoms with E-state index in [0.717, 1.165) is 38.8 Å². The summed E-state index contributed by atoms with van der Waals surface area (Å²) in [6.07, 6.45) is 4.48. The van der Waals surface area contributed by atoms with E-state index in [-0.39, 0.29) is 12.1 Å². The van der Waals surface area contributed by atoms with Gasteiger partial charge in [-0.1, -0.05) is 6.92 Å². The van der Waals surface area contributed by atoms with Gasteiger partial charge in [-0.15, -0.1) is 0 Å². The van der Waals surface area contributed by atoms with Gasteiger partial charge in [0, 0.05) is 45.6 Å². The van der Waals surface area contributed by atoms with Crippen molar-refractivity contribution in [3.05, 3.63) is 0 Å². The number of nitrogens with zero attached hydrogens (tertiary/aromatic N) is 2. The Hall–Kier alpha value is -1.10. The molecule has 1 aliphatic carbocycles. The zero-order valence-corrected chi connectivity index (χ0v) is 12.9. The van der Waals surface area contributed by atoms with Gasteiger partial charge in [-0.3, -0.25) is 9.69 Å². The highest BCUT2D eigenvalue weighted by Gasteiger charge is 2.39. The van der Waals surface area contributed by atoms with Crippen LogP contribution >= 0.6 is 0 Å². The molecule has 0 unspecified atom stereocenters. The quantitative estimate of drug-likeness (QED) is 0.852. The first kappa shape index (κ1) is 15.3. The number of ketones is 1. The topological polar surface area (TPSA) is 52.7 Å². The van der Waals surface area contributed by atoms with Crippen molar-refractivity contribution in [3.8, 4) is 0 Å². The number of nitrogens with one attached hydrogen (secondary N) is 1. The molecule has 5 nitrogen and oxygen atoms in total. The van der Waals surface area contributed by atoms with Crippen molar-refractivity contribution in [1.82, 2.24) is 15.1 Å². The molecule has 1 heterocycles. The summed E-state index contributed by atoms with van der Waals surface area (Å²) in [5, 5.41) is 3.09. The van der Waals surface area contributed by atoms with Gasteiger partial charge >= 0.3 is 6.03 Å². The molecule has 2 fully saturated rings. The molecule has 1 N–H and O–H groups in total. The number of likely N-dealkylation sites (tertiary alicyclic amines) is 1. The number of amides is 2. The fourth-order valence-electron chi connectivity index (χ4n) is 3.61. The minimum Gasteiger partial charge on any atom is -0.334 e. The van der Waals surface area contributed by atoms with E-state index in [9.17, 15) is 9.59 Å². The lowest BCUT2D eigenvalue weighted by Gasteiger charge is -2.47. The summed E-state index contributed by atoms with van der Waals surface area (Å²) in [6, 6.07) is 0.677. The zero-order valence-electron chi connectivity index (χ0n) is 12.9. The Labute approximate surface area is 121 Å². The van der Waals surface area contributed by atoms with Crippen LogP contribution < -0.4 is 5.32 Å². The molecule has 0 radical (unpaired) electrons. The first-order chi connectivity index (χ1) is 9.51. The van der Waals surface area contributed by atoms with Gasteiger partial charge in [0.25, 0.3) is 0 Å². The van der Waals surface area contributed by atoms with Crippen LogP contribution in [-0.4, -0.2) is 60.9 Å². The molecule has 114 valence electrons. The highest BCUT2D eigenvalue weighted by atomic mass is 16.2. The van der Waals surface area contributed by atoms with Crippen LogP contribution in [-0.2, 0) is 4.79 Å². The molecule has 5 heteroatoms. The van der Waals surface area contributed by atoms with E-state index >= 15 is 0 Å². The van der Waals surface area contributed by atoms with Crippen molar-refractivity contribution in [2.75, 3.05) is 27.2 Å². The smallest absolute Gasteiger partial charge is 0.317 e. The van der Waals surface area contributed by atoms with Crippen molar-refractivity contribution in [2.45, 2.75) is 51.1 Å². The van der Waals surface area contributed by atoms with Crippen LogP contribution in [0.1, 0.15) is 39.0 Å². The molecule has 1 aliphatic heterocycles. The van der Waals surface area contributed by atoms with Gasteiger partial charge < -0.3 is 10.2 Å². The van der Waals surface area contributed by atoms with E-state index in [4.69, 9.17) is 0 Å². The van der Waals surface area contributed by atoms with Gasteiger partial charge in [0.2, 0.25) is 0 Å². The number of Topliss-reactive ketones (excluding diaryl/α,β-unsaturated/α-hetero) is 1. The molecule has 0 spiro atoms. The molecule has 0 aromatic carbocycles. The van der Waals surface area contributed by atoms with Gasteiger partial charge in [0.1, 0.15) is 5.78 Å². The average Bonchev–Trinajstić information content (AvgIpc) is 2.38. The van der Waals surface area contributed by atoms with Gasteiger partial charge in [-0.25, -0.2) is 4.79 Å².